The van der Waals surface area contributed by atoms with Gasteiger partial charge >= 0.3 is 0 Å². The van der Waals surface area contributed by atoms with Crippen molar-refractivity contribution in [2.45, 2.75) is 39.4 Å². The predicted octanol–water partition coefficient (Wildman–Crippen LogP) is 1.84. The molecule has 0 aliphatic carbocycles. The highest BCUT2D eigenvalue weighted by Gasteiger charge is 2.36. The Morgan fingerprint density at radius 1 is 1.50 bits per heavy atom. The third kappa shape index (κ3) is 2.90. The molecule has 1 heterocycles. The number of rotatable bonds is 5. The van der Waals surface area contributed by atoms with Gasteiger partial charge in [-0.15, -0.1) is 0 Å². The van der Waals surface area contributed by atoms with Crippen molar-refractivity contribution in [2.24, 2.45) is 11.1 Å². The molecule has 14 heavy (non-hydrogen) atoms. The monoisotopic (exact) mass is 217 g/mol. The largest absolute Gasteiger partial charge is 0.393 e. The molecule has 1 atom stereocenters. The molecule has 0 aromatic rings. The molecule has 1 aliphatic rings. The minimum absolute atomic E-state index is 0.0416. The fourth-order valence-corrected chi connectivity index (χ4v) is 1.73. The molecule has 0 spiro atoms. The number of hydrogen-bond acceptors (Lipinski definition) is 3. The smallest absolute Gasteiger partial charge is 0.163 e. The third-order valence-corrected chi connectivity index (χ3v) is 3.15. The maximum atomic E-state index is 5.53. The van der Waals surface area contributed by atoms with Crippen LogP contribution in [0.15, 0.2) is 0 Å². The summed E-state index contributed by atoms with van der Waals surface area (Å²) in [4.78, 5) is 0.572. The van der Waals surface area contributed by atoms with Gasteiger partial charge in [-0.2, -0.15) is 0 Å². The summed E-state index contributed by atoms with van der Waals surface area (Å²) in [6.45, 7) is 5.71. The van der Waals surface area contributed by atoms with Crippen molar-refractivity contribution in [3.8, 4) is 0 Å². The molecule has 0 aromatic carbocycles. The normalized spacial score (nSPS) is 22.1. The quantitative estimate of drug-likeness (QED) is 0.714. The van der Waals surface area contributed by atoms with Gasteiger partial charge in [-0.05, 0) is 19.3 Å². The Morgan fingerprint density at radius 2 is 2.07 bits per heavy atom. The SMILES string of the molecule is CC[C@](C)(CCC(N)=S)C1OCCO1. The van der Waals surface area contributed by atoms with Crippen molar-refractivity contribution in [2.75, 3.05) is 13.2 Å². The number of hydrogen-bond donors (Lipinski definition) is 1. The summed E-state index contributed by atoms with van der Waals surface area (Å²) in [5.41, 5.74) is 5.54. The van der Waals surface area contributed by atoms with E-state index in [1.165, 1.54) is 0 Å². The highest BCUT2D eigenvalue weighted by Crippen LogP contribution is 2.35. The highest BCUT2D eigenvalue weighted by molar-refractivity contribution is 7.80. The Kier molecular flexibility index (Phi) is 4.29. The summed E-state index contributed by atoms with van der Waals surface area (Å²) < 4.78 is 11.1. The molecule has 0 aromatic heterocycles. The summed E-state index contributed by atoms with van der Waals surface area (Å²) in [6, 6.07) is 0. The minimum Gasteiger partial charge on any atom is -0.393 e. The van der Waals surface area contributed by atoms with Gasteiger partial charge in [-0.1, -0.05) is 26.1 Å². The number of nitrogens with two attached hydrogens (primary N) is 1. The summed E-state index contributed by atoms with van der Waals surface area (Å²) in [7, 11) is 0. The molecule has 0 saturated carbocycles. The lowest BCUT2D eigenvalue weighted by Crippen LogP contribution is -2.33. The van der Waals surface area contributed by atoms with Gasteiger partial charge in [0.2, 0.25) is 0 Å². The second-order valence-corrected chi connectivity index (χ2v) is 4.57. The zero-order valence-corrected chi connectivity index (χ0v) is 9.73. The second kappa shape index (κ2) is 5.05. The van der Waals surface area contributed by atoms with Crippen LogP contribution in [0.5, 0.6) is 0 Å². The zero-order valence-electron chi connectivity index (χ0n) is 8.91. The van der Waals surface area contributed by atoms with Crippen LogP contribution in [0.3, 0.4) is 0 Å². The van der Waals surface area contributed by atoms with Gasteiger partial charge in [0.1, 0.15) is 0 Å². The van der Waals surface area contributed by atoms with E-state index in [4.69, 9.17) is 27.4 Å². The van der Waals surface area contributed by atoms with E-state index >= 15 is 0 Å². The van der Waals surface area contributed by atoms with Crippen molar-refractivity contribution >= 4 is 17.2 Å². The first-order valence-electron chi connectivity index (χ1n) is 5.10. The number of ether oxygens (including phenoxy) is 2. The molecule has 1 saturated heterocycles. The lowest BCUT2D eigenvalue weighted by molar-refractivity contribution is -0.130. The molecule has 1 rings (SSSR count). The van der Waals surface area contributed by atoms with Gasteiger partial charge in [0.25, 0.3) is 0 Å². The van der Waals surface area contributed by atoms with E-state index in [9.17, 15) is 0 Å². The van der Waals surface area contributed by atoms with Crippen LogP contribution in [0.4, 0.5) is 0 Å². The molecule has 0 unspecified atom stereocenters. The van der Waals surface area contributed by atoms with E-state index in [1.54, 1.807) is 0 Å². The third-order valence-electron chi connectivity index (χ3n) is 2.94. The van der Waals surface area contributed by atoms with Crippen LogP contribution >= 0.6 is 12.2 Å². The van der Waals surface area contributed by atoms with E-state index in [0.29, 0.717) is 18.2 Å². The Hall–Kier alpha value is -0.190. The molecule has 0 radical (unpaired) electrons. The molecule has 82 valence electrons. The lowest BCUT2D eigenvalue weighted by Gasteiger charge is -2.32. The summed E-state index contributed by atoms with van der Waals surface area (Å²) >= 11 is 4.88. The van der Waals surface area contributed by atoms with Crippen LogP contribution in [-0.4, -0.2) is 24.5 Å². The maximum absolute atomic E-state index is 5.53. The Bertz CT molecular complexity index is 204. The van der Waals surface area contributed by atoms with Gasteiger partial charge in [-0.25, -0.2) is 0 Å². The number of thiocarbonyl (C=S) groups is 1. The van der Waals surface area contributed by atoms with Crippen molar-refractivity contribution in [1.82, 2.24) is 0 Å². The van der Waals surface area contributed by atoms with Crippen molar-refractivity contribution in [1.29, 1.82) is 0 Å². The first-order valence-corrected chi connectivity index (χ1v) is 5.51. The molecule has 0 amide bonds. The topological polar surface area (TPSA) is 44.5 Å². The first kappa shape index (κ1) is 11.9. The average Bonchev–Trinajstić information content (AvgIpc) is 2.67. The zero-order chi connectivity index (χ0) is 10.6. The van der Waals surface area contributed by atoms with Crippen molar-refractivity contribution < 1.29 is 9.47 Å². The van der Waals surface area contributed by atoms with Crippen molar-refractivity contribution in [3.63, 3.8) is 0 Å². The van der Waals surface area contributed by atoms with Gasteiger partial charge in [0.05, 0.1) is 18.2 Å². The minimum atomic E-state index is -0.0816. The Labute approximate surface area is 90.9 Å². The molecule has 1 aliphatic heterocycles. The Balaban J connectivity index is 2.50. The van der Waals surface area contributed by atoms with Gasteiger partial charge in [0.15, 0.2) is 6.29 Å². The van der Waals surface area contributed by atoms with Crippen molar-refractivity contribution in [3.05, 3.63) is 0 Å². The predicted molar refractivity (Wildman–Crippen MR) is 60.1 cm³/mol. The van der Waals surface area contributed by atoms with E-state index in [1.807, 2.05) is 0 Å². The summed E-state index contributed by atoms with van der Waals surface area (Å²) in [5.74, 6) is 0. The summed E-state index contributed by atoms with van der Waals surface area (Å²) in [5, 5.41) is 0. The lowest BCUT2D eigenvalue weighted by atomic mass is 9.82. The van der Waals surface area contributed by atoms with Crippen LogP contribution in [0.2, 0.25) is 0 Å². The molecule has 0 bridgehead atoms. The second-order valence-electron chi connectivity index (χ2n) is 4.05. The molecule has 4 heteroatoms. The fourth-order valence-electron chi connectivity index (χ4n) is 1.63. The summed E-state index contributed by atoms with van der Waals surface area (Å²) in [6.07, 6.45) is 2.63. The standard InChI is InChI=1S/C10H19NO2S/c1-3-10(2,5-4-8(11)14)9-12-6-7-13-9/h9H,3-7H2,1-2H3,(H2,11,14)/t10-/m1/s1. The Morgan fingerprint density at radius 3 is 2.50 bits per heavy atom. The van der Waals surface area contributed by atoms with Gasteiger partial charge in [-0.3, -0.25) is 0 Å². The molecule has 1 fully saturated rings. The molecule has 3 nitrogen and oxygen atoms in total. The van der Waals surface area contributed by atoms with E-state index in [0.717, 1.165) is 19.3 Å². The van der Waals surface area contributed by atoms with Crippen LogP contribution in [0, 0.1) is 5.41 Å². The van der Waals surface area contributed by atoms with Crippen LogP contribution < -0.4 is 5.73 Å². The molecular formula is C10H19NO2S. The van der Waals surface area contributed by atoms with Gasteiger partial charge in [0, 0.05) is 5.41 Å². The molecular weight excluding hydrogens is 198 g/mol. The van der Waals surface area contributed by atoms with Crippen LogP contribution in [-0.2, 0) is 9.47 Å². The van der Waals surface area contributed by atoms with Crippen LogP contribution in [0.25, 0.3) is 0 Å². The fraction of sp³-hybridized carbons (Fsp3) is 0.900. The average molecular weight is 217 g/mol. The first-order chi connectivity index (χ1) is 6.58. The maximum Gasteiger partial charge on any atom is 0.163 e. The molecule has 2 N–H and O–H groups in total. The highest BCUT2D eigenvalue weighted by atomic mass is 32.1. The van der Waals surface area contributed by atoms with Crippen LogP contribution in [0.1, 0.15) is 33.1 Å². The van der Waals surface area contributed by atoms with E-state index in [2.05, 4.69) is 13.8 Å². The van der Waals surface area contributed by atoms with Gasteiger partial charge < -0.3 is 15.2 Å². The van der Waals surface area contributed by atoms with E-state index in [-0.39, 0.29) is 11.7 Å². The van der Waals surface area contributed by atoms with E-state index < -0.39 is 0 Å².